The Bertz CT molecular complexity index is 707. The molecule has 0 aliphatic heterocycles. The van der Waals surface area contributed by atoms with E-state index in [9.17, 15) is 0 Å². The molecule has 0 amide bonds. The van der Waals surface area contributed by atoms with Crippen molar-refractivity contribution < 1.29 is 4.74 Å². The highest BCUT2D eigenvalue weighted by Crippen LogP contribution is 2.20. The van der Waals surface area contributed by atoms with Crippen molar-refractivity contribution in [3.05, 3.63) is 31.0 Å². The van der Waals surface area contributed by atoms with Gasteiger partial charge in [0, 0.05) is 18.8 Å². The largest absolute Gasteiger partial charge is 0.495 e. The summed E-state index contributed by atoms with van der Waals surface area (Å²) in [4.78, 5) is 17.0. The van der Waals surface area contributed by atoms with Gasteiger partial charge in [0.05, 0.1) is 25.8 Å². The summed E-state index contributed by atoms with van der Waals surface area (Å²) in [5.74, 6) is 1.29. The third-order valence-electron chi connectivity index (χ3n) is 2.66. The van der Waals surface area contributed by atoms with Gasteiger partial charge in [-0.15, -0.1) is 0 Å². The van der Waals surface area contributed by atoms with Crippen molar-refractivity contribution in [1.82, 2.24) is 24.5 Å². The van der Waals surface area contributed by atoms with E-state index in [-0.39, 0.29) is 0 Å². The molecule has 0 aliphatic rings. The van der Waals surface area contributed by atoms with E-state index in [1.54, 1.807) is 32.0 Å². The van der Waals surface area contributed by atoms with Gasteiger partial charge in [0.1, 0.15) is 11.3 Å². The third-order valence-corrected chi connectivity index (χ3v) is 2.66. The molecule has 0 fully saturated rings. The van der Waals surface area contributed by atoms with Crippen molar-refractivity contribution in [3.8, 4) is 17.1 Å². The van der Waals surface area contributed by atoms with Crippen molar-refractivity contribution in [1.29, 1.82) is 0 Å². The molecule has 0 saturated carbocycles. The number of imidazole rings is 1. The van der Waals surface area contributed by atoms with E-state index in [0.29, 0.717) is 11.6 Å². The summed E-state index contributed by atoms with van der Waals surface area (Å²) >= 11 is 0. The summed E-state index contributed by atoms with van der Waals surface area (Å²) in [6.45, 7) is 0. The van der Waals surface area contributed by atoms with Crippen LogP contribution in [0.1, 0.15) is 0 Å². The number of hydrogen-bond donors (Lipinski definition) is 0. The van der Waals surface area contributed by atoms with Crippen LogP contribution >= 0.6 is 0 Å². The first-order chi connectivity index (χ1) is 8.78. The van der Waals surface area contributed by atoms with E-state index in [0.717, 1.165) is 16.7 Å². The standard InChI is InChI=1S/C12H11N5O/c1-17-7-15-10-6-14-11(16-12(10)17)8-3-9(18-2)5-13-4-8/h3-7H,1-2H3. The molecule has 0 radical (unpaired) electrons. The van der Waals surface area contributed by atoms with E-state index in [1.807, 2.05) is 17.7 Å². The number of methoxy groups -OCH3 is 1. The second kappa shape index (κ2) is 4.06. The number of rotatable bonds is 2. The number of fused-ring (bicyclic) bond motifs is 1. The Balaban J connectivity index is 2.15. The van der Waals surface area contributed by atoms with Crippen LogP contribution in [-0.2, 0) is 7.05 Å². The molecule has 0 atom stereocenters. The molecule has 0 bridgehead atoms. The molecule has 3 heterocycles. The first-order valence-electron chi connectivity index (χ1n) is 5.41. The van der Waals surface area contributed by atoms with Crippen LogP contribution in [0.25, 0.3) is 22.6 Å². The molecule has 6 heteroatoms. The molecular weight excluding hydrogens is 230 g/mol. The number of aromatic nitrogens is 5. The lowest BCUT2D eigenvalue weighted by molar-refractivity contribution is 0.413. The van der Waals surface area contributed by atoms with Gasteiger partial charge >= 0.3 is 0 Å². The van der Waals surface area contributed by atoms with Crippen LogP contribution in [0.15, 0.2) is 31.0 Å². The first kappa shape index (κ1) is 10.6. The molecule has 0 unspecified atom stereocenters. The minimum atomic E-state index is 0.609. The Hall–Kier alpha value is -2.50. The van der Waals surface area contributed by atoms with E-state index in [4.69, 9.17) is 4.74 Å². The average molecular weight is 241 g/mol. The molecule has 18 heavy (non-hydrogen) atoms. The van der Waals surface area contributed by atoms with Crippen molar-refractivity contribution in [2.45, 2.75) is 0 Å². The van der Waals surface area contributed by atoms with Crippen LogP contribution in [0.4, 0.5) is 0 Å². The monoisotopic (exact) mass is 241 g/mol. The van der Waals surface area contributed by atoms with Gasteiger partial charge in [-0.2, -0.15) is 0 Å². The minimum Gasteiger partial charge on any atom is -0.495 e. The SMILES string of the molecule is COc1cncc(-c2ncc3ncn(C)c3n2)c1. The highest BCUT2D eigenvalue weighted by Gasteiger charge is 2.07. The van der Waals surface area contributed by atoms with E-state index < -0.39 is 0 Å². The predicted molar refractivity (Wildman–Crippen MR) is 66.1 cm³/mol. The second-order valence-corrected chi connectivity index (χ2v) is 3.87. The third kappa shape index (κ3) is 1.67. The normalized spacial score (nSPS) is 10.8. The Labute approximate surface area is 103 Å². The zero-order chi connectivity index (χ0) is 12.5. The summed E-state index contributed by atoms with van der Waals surface area (Å²) in [5, 5.41) is 0. The number of hydrogen-bond acceptors (Lipinski definition) is 5. The lowest BCUT2D eigenvalue weighted by Crippen LogP contribution is -1.94. The molecule has 3 aromatic rings. The summed E-state index contributed by atoms with van der Waals surface area (Å²) in [6, 6.07) is 1.85. The summed E-state index contributed by atoms with van der Waals surface area (Å²) in [5.41, 5.74) is 2.39. The van der Waals surface area contributed by atoms with Crippen LogP contribution < -0.4 is 4.74 Å². The van der Waals surface area contributed by atoms with Crippen LogP contribution in [0.3, 0.4) is 0 Å². The zero-order valence-corrected chi connectivity index (χ0v) is 10.0. The van der Waals surface area contributed by atoms with Crippen LogP contribution in [0.2, 0.25) is 0 Å². The number of ether oxygens (including phenoxy) is 1. The van der Waals surface area contributed by atoms with Crippen molar-refractivity contribution >= 4 is 11.2 Å². The van der Waals surface area contributed by atoms with E-state index in [2.05, 4.69) is 19.9 Å². The highest BCUT2D eigenvalue weighted by atomic mass is 16.5. The van der Waals surface area contributed by atoms with Gasteiger partial charge in [-0.05, 0) is 6.07 Å². The minimum absolute atomic E-state index is 0.609. The molecule has 90 valence electrons. The molecule has 0 aliphatic carbocycles. The molecule has 0 aromatic carbocycles. The maximum atomic E-state index is 5.14. The predicted octanol–water partition coefficient (Wildman–Crippen LogP) is 1.43. The fraction of sp³-hybridized carbons (Fsp3) is 0.167. The second-order valence-electron chi connectivity index (χ2n) is 3.87. The van der Waals surface area contributed by atoms with E-state index in [1.165, 1.54) is 0 Å². The van der Waals surface area contributed by atoms with Crippen LogP contribution in [0, 0.1) is 0 Å². The van der Waals surface area contributed by atoms with Crippen LogP contribution in [0.5, 0.6) is 5.75 Å². The molecule has 0 spiro atoms. The van der Waals surface area contributed by atoms with Crippen molar-refractivity contribution in [3.63, 3.8) is 0 Å². The number of aryl methyl sites for hydroxylation is 1. The smallest absolute Gasteiger partial charge is 0.163 e. The van der Waals surface area contributed by atoms with Gasteiger partial charge in [-0.25, -0.2) is 15.0 Å². The van der Waals surface area contributed by atoms with Crippen LogP contribution in [-0.4, -0.2) is 31.6 Å². The molecule has 6 nitrogen and oxygen atoms in total. The summed E-state index contributed by atoms with van der Waals surface area (Å²) in [7, 11) is 3.50. The Kier molecular flexibility index (Phi) is 2.40. The summed E-state index contributed by atoms with van der Waals surface area (Å²) < 4.78 is 6.99. The number of nitrogens with zero attached hydrogens (tertiary/aromatic N) is 5. The molecule has 0 N–H and O–H groups in total. The molecule has 0 saturated heterocycles. The maximum Gasteiger partial charge on any atom is 0.163 e. The quantitative estimate of drug-likeness (QED) is 0.679. The Morgan fingerprint density at radius 2 is 2.06 bits per heavy atom. The highest BCUT2D eigenvalue weighted by molar-refractivity contribution is 5.72. The maximum absolute atomic E-state index is 5.14. The average Bonchev–Trinajstić information content (AvgIpc) is 2.80. The number of pyridine rings is 1. The first-order valence-corrected chi connectivity index (χ1v) is 5.41. The van der Waals surface area contributed by atoms with Crippen molar-refractivity contribution in [2.24, 2.45) is 7.05 Å². The van der Waals surface area contributed by atoms with Gasteiger partial charge in [0.15, 0.2) is 11.5 Å². The van der Waals surface area contributed by atoms with E-state index >= 15 is 0 Å². The van der Waals surface area contributed by atoms with Gasteiger partial charge in [0.25, 0.3) is 0 Å². The lowest BCUT2D eigenvalue weighted by Gasteiger charge is -2.03. The van der Waals surface area contributed by atoms with Crippen molar-refractivity contribution in [2.75, 3.05) is 7.11 Å². The topological polar surface area (TPSA) is 65.7 Å². The van der Waals surface area contributed by atoms with Gasteiger partial charge in [-0.3, -0.25) is 4.98 Å². The zero-order valence-electron chi connectivity index (χ0n) is 10.0. The van der Waals surface area contributed by atoms with Gasteiger partial charge in [-0.1, -0.05) is 0 Å². The molecule has 3 aromatic heterocycles. The molecular formula is C12H11N5O. The summed E-state index contributed by atoms with van der Waals surface area (Å²) in [6.07, 6.45) is 6.77. The lowest BCUT2D eigenvalue weighted by atomic mass is 10.2. The Morgan fingerprint density at radius 3 is 2.89 bits per heavy atom. The molecule has 3 rings (SSSR count). The fourth-order valence-electron chi connectivity index (χ4n) is 1.71. The van der Waals surface area contributed by atoms with Gasteiger partial charge in [0.2, 0.25) is 0 Å². The fourth-order valence-corrected chi connectivity index (χ4v) is 1.71. The van der Waals surface area contributed by atoms with Gasteiger partial charge < -0.3 is 9.30 Å². The Morgan fingerprint density at radius 1 is 1.17 bits per heavy atom.